The van der Waals surface area contributed by atoms with Crippen molar-refractivity contribution in [2.24, 2.45) is 5.92 Å². The lowest BCUT2D eigenvalue weighted by Crippen LogP contribution is -2.38. The number of hydrogen-bond acceptors (Lipinski definition) is 2. The Bertz CT molecular complexity index is 526. The smallest absolute Gasteiger partial charge is 0.321 e. The number of amides is 3. The third-order valence-electron chi connectivity index (χ3n) is 3.56. The lowest BCUT2D eigenvalue weighted by molar-refractivity contribution is 0.0827. The largest absolute Gasteiger partial charge is 0.345 e. The minimum atomic E-state index is -0.164. The van der Waals surface area contributed by atoms with Crippen molar-refractivity contribution in [3.63, 3.8) is 0 Å². The van der Waals surface area contributed by atoms with Crippen LogP contribution in [0, 0.1) is 5.92 Å². The van der Waals surface area contributed by atoms with E-state index in [9.17, 15) is 9.59 Å². The molecule has 22 heavy (non-hydrogen) atoms. The molecule has 5 heteroatoms. The van der Waals surface area contributed by atoms with E-state index in [2.05, 4.69) is 19.2 Å². The number of carbonyl (C=O) groups excluding carboxylic acids is 2. The molecule has 1 unspecified atom stereocenters. The van der Waals surface area contributed by atoms with Gasteiger partial charge < -0.3 is 15.1 Å². The molecular formula is C17H27N3O2. The zero-order chi connectivity index (χ0) is 16.9. The summed E-state index contributed by atoms with van der Waals surface area (Å²) in [6, 6.07) is 6.98. The first-order chi connectivity index (χ1) is 10.2. The zero-order valence-corrected chi connectivity index (χ0v) is 14.4. The average Bonchev–Trinajstić information content (AvgIpc) is 2.44. The van der Waals surface area contributed by atoms with Crippen molar-refractivity contribution in [1.29, 1.82) is 0 Å². The van der Waals surface area contributed by atoms with E-state index in [1.54, 1.807) is 50.3 Å². The van der Waals surface area contributed by atoms with Gasteiger partial charge in [0, 0.05) is 38.4 Å². The van der Waals surface area contributed by atoms with Crippen LogP contribution < -0.4 is 5.32 Å². The van der Waals surface area contributed by atoms with Crippen molar-refractivity contribution >= 4 is 17.6 Å². The van der Waals surface area contributed by atoms with E-state index in [0.29, 0.717) is 17.2 Å². The number of hydrogen-bond donors (Lipinski definition) is 1. The molecule has 1 aromatic carbocycles. The monoisotopic (exact) mass is 305 g/mol. The van der Waals surface area contributed by atoms with Gasteiger partial charge in [0.15, 0.2) is 0 Å². The van der Waals surface area contributed by atoms with Crippen molar-refractivity contribution in [1.82, 2.24) is 9.80 Å². The fourth-order valence-corrected chi connectivity index (χ4v) is 2.24. The summed E-state index contributed by atoms with van der Waals surface area (Å²) in [6.07, 6.45) is 0.947. The molecule has 0 spiro atoms. The summed E-state index contributed by atoms with van der Waals surface area (Å²) in [5.41, 5.74) is 1.18. The maximum absolute atomic E-state index is 12.3. The van der Waals surface area contributed by atoms with Crippen LogP contribution in [0.25, 0.3) is 0 Å². The minimum absolute atomic E-state index is 0.0855. The fraction of sp³-hybridized carbons (Fsp3) is 0.529. The Morgan fingerprint density at radius 2 is 1.77 bits per heavy atom. The summed E-state index contributed by atoms with van der Waals surface area (Å²) in [5, 5.41) is 2.85. The van der Waals surface area contributed by atoms with E-state index in [1.807, 2.05) is 6.92 Å². The SMILES string of the molecule is CC(C)CC(C)N(C)C(=O)Nc1cccc(C(=O)N(C)C)c1. The van der Waals surface area contributed by atoms with Crippen LogP contribution >= 0.6 is 0 Å². The van der Waals surface area contributed by atoms with Gasteiger partial charge in [-0.3, -0.25) is 4.79 Å². The maximum Gasteiger partial charge on any atom is 0.321 e. The van der Waals surface area contributed by atoms with Crippen LogP contribution in [0.3, 0.4) is 0 Å². The first kappa shape index (κ1) is 18.0. The molecule has 0 aliphatic rings. The van der Waals surface area contributed by atoms with Crippen molar-refractivity contribution < 1.29 is 9.59 Å². The van der Waals surface area contributed by atoms with E-state index in [1.165, 1.54) is 4.90 Å². The number of anilines is 1. The van der Waals surface area contributed by atoms with Gasteiger partial charge in [0.2, 0.25) is 0 Å². The molecule has 1 N–H and O–H groups in total. The van der Waals surface area contributed by atoms with Crippen molar-refractivity contribution in [3.05, 3.63) is 29.8 Å². The molecule has 0 saturated carbocycles. The number of nitrogens with one attached hydrogen (secondary N) is 1. The van der Waals surface area contributed by atoms with Gasteiger partial charge >= 0.3 is 6.03 Å². The second-order valence-corrected chi connectivity index (χ2v) is 6.30. The lowest BCUT2D eigenvalue weighted by Gasteiger charge is -2.26. The highest BCUT2D eigenvalue weighted by Crippen LogP contribution is 2.15. The van der Waals surface area contributed by atoms with Gasteiger partial charge in [-0.1, -0.05) is 19.9 Å². The number of rotatable bonds is 5. The Hall–Kier alpha value is -2.04. The molecule has 0 aliphatic carbocycles. The van der Waals surface area contributed by atoms with Crippen LogP contribution in [0.5, 0.6) is 0 Å². The summed E-state index contributed by atoms with van der Waals surface area (Å²) >= 11 is 0. The summed E-state index contributed by atoms with van der Waals surface area (Å²) < 4.78 is 0. The van der Waals surface area contributed by atoms with E-state index in [-0.39, 0.29) is 18.0 Å². The normalized spacial score (nSPS) is 12.0. The Morgan fingerprint density at radius 3 is 2.32 bits per heavy atom. The minimum Gasteiger partial charge on any atom is -0.345 e. The van der Waals surface area contributed by atoms with Gasteiger partial charge in [-0.2, -0.15) is 0 Å². The van der Waals surface area contributed by atoms with Gasteiger partial charge in [-0.25, -0.2) is 4.79 Å². The zero-order valence-electron chi connectivity index (χ0n) is 14.4. The molecule has 0 aromatic heterocycles. The lowest BCUT2D eigenvalue weighted by atomic mass is 10.0. The van der Waals surface area contributed by atoms with Crippen LogP contribution in [0.1, 0.15) is 37.6 Å². The van der Waals surface area contributed by atoms with Gasteiger partial charge in [0.25, 0.3) is 5.91 Å². The topological polar surface area (TPSA) is 52.7 Å². The summed E-state index contributed by atoms with van der Waals surface area (Å²) in [7, 11) is 5.20. The molecular weight excluding hydrogens is 278 g/mol. The molecule has 3 amide bonds. The first-order valence-corrected chi connectivity index (χ1v) is 7.58. The first-order valence-electron chi connectivity index (χ1n) is 7.58. The molecule has 1 atom stereocenters. The Balaban J connectivity index is 2.76. The highest BCUT2D eigenvalue weighted by atomic mass is 16.2. The van der Waals surface area contributed by atoms with Crippen molar-refractivity contribution in [3.8, 4) is 0 Å². The van der Waals surface area contributed by atoms with Gasteiger partial charge in [-0.05, 0) is 37.5 Å². The molecule has 1 aromatic rings. The van der Waals surface area contributed by atoms with Crippen molar-refractivity contribution in [2.45, 2.75) is 33.2 Å². The molecule has 0 fully saturated rings. The Kier molecular flexibility index (Phi) is 6.40. The van der Waals surface area contributed by atoms with Crippen molar-refractivity contribution in [2.75, 3.05) is 26.5 Å². The summed E-state index contributed by atoms with van der Waals surface area (Å²) in [6.45, 7) is 6.31. The molecule has 122 valence electrons. The van der Waals surface area contributed by atoms with Crippen LogP contribution in [-0.2, 0) is 0 Å². The van der Waals surface area contributed by atoms with E-state index in [4.69, 9.17) is 0 Å². The highest BCUT2D eigenvalue weighted by molar-refractivity contribution is 5.96. The van der Waals surface area contributed by atoms with Crippen LogP contribution in [-0.4, -0.2) is 48.9 Å². The molecule has 1 rings (SSSR count). The summed E-state index contributed by atoms with van der Waals surface area (Å²) in [5.74, 6) is 0.448. The van der Waals surface area contributed by atoms with E-state index in [0.717, 1.165) is 6.42 Å². The standard InChI is InChI=1S/C17H27N3O2/c1-12(2)10-13(3)20(6)17(22)18-15-9-7-8-14(11-15)16(21)19(4)5/h7-9,11-13H,10H2,1-6H3,(H,18,22). The Morgan fingerprint density at radius 1 is 1.14 bits per heavy atom. The molecule has 0 saturated heterocycles. The van der Waals surface area contributed by atoms with E-state index < -0.39 is 0 Å². The number of carbonyl (C=O) groups is 2. The number of nitrogens with zero attached hydrogens (tertiary/aromatic N) is 2. The predicted molar refractivity (Wildman–Crippen MR) is 90.2 cm³/mol. The second-order valence-electron chi connectivity index (χ2n) is 6.30. The average molecular weight is 305 g/mol. The Labute approximate surface area is 133 Å². The number of benzene rings is 1. The second kappa shape index (κ2) is 7.82. The van der Waals surface area contributed by atoms with Crippen LogP contribution in [0.4, 0.5) is 10.5 Å². The molecule has 0 bridgehead atoms. The van der Waals surface area contributed by atoms with Gasteiger partial charge in [0.05, 0.1) is 0 Å². The quantitative estimate of drug-likeness (QED) is 0.907. The number of urea groups is 1. The van der Waals surface area contributed by atoms with Crippen LogP contribution in [0.15, 0.2) is 24.3 Å². The third kappa shape index (κ3) is 5.06. The maximum atomic E-state index is 12.3. The predicted octanol–water partition coefficient (Wildman–Crippen LogP) is 3.29. The molecule has 0 aliphatic heterocycles. The fourth-order valence-electron chi connectivity index (χ4n) is 2.24. The third-order valence-corrected chi connectivity index (χ3v) is 3.56. The molecule has 5 nitrogen and oxygen atoms in total. The van der Waals surface area contributed by atoms with Crippen LogP contribution in [0.2, 0.25) is 0 Å². The summed E-state index contributed by atoms with van der Waals surface area (Å²) in [4.78, 5) is 27.4. The van der Waals surface area contributed by atoms with E-state index >= 15 is 0 Å². The molecule has 0 heterocycles. The highest BCUT2D eigenvalue weighted by Gasteiger charge is 2.17. The van der Waals surface area contributed by atoms with Gasteiger partial charge in [-0.15, -0.1) is 0 Å². The molecule has 0 radical (unpaired) electrons. The van der Waals surface area contributed by atoms with Gasteiger partial charge in [0.1, 0.15) is 0 Å².